The predicted octanol–water partition coefficient (Wildman–Crippen LogP) is 12.7. The lowest BCUT2D eigenvalue weighted by Gasteiger charge is -2.11. The Labute approximate surface area is 328 Å². The number of thiophene rings is 2. The van der Waals surface area contributed by atoms with Gasteiger partial charge in [-0.05, 0) is 47.4 Å². The molecule has 0 aliphatic heterocycles. The Hall–Kier alpha value is -6.21. The van der Waals surface area contributed by atoms with Gasteiger partial charge in [-0.1, -0.05) is 121 Å². The summed E-state index contributed by atoms with van der Waals surface area (Å²) in [4.78, 5) is 14.1. The largest absolute Gasteiger partial charge is 0.278 e. The third-order valence-corrected chi connectivity index (χ3v) is 10.7. The van der Waals surface area contributed by atoms with E-state index in [1.807, 2.05) is 0 Å². The Balaban J connectivity index is 1.28. The van der Waals surface area contributed by atoms with Gasteiger partial charge in [-0.3, -0.25) is 4.57 Å². The molecule has 0 saturated heterocycles. The Morgan fingerprint density at radius 3 is 2.00 bits per heavy atom. The first kappa shape index (κ1) is 15.4. The second-order valence-corrected chi connectivity index (χ2v) is 13.4. The molecule has 51 heavy (non-hydrogen) atoms. The zero-order valence-electron chi connectivity index (χ0n) is 45.6. The molecule has 0 saturated carbocycles. The monoisotopic (exact) mass is 706 g/mol. The first-order chi connectivity index (χ1) is 33.6. The van der Waals surface area contributed by atoms with Crippen LogP contribution < -0.4 is 0 Å². The zero-order chi connectivity index (χ0) is 50.9. The van der Waals surface area contributed by atoms with Crippen molar-refractivity contribution in [2.24, 2.45) is 0 Å². The van der Waals surface area contributed by atoms with E-state index in [-0.39, 0.29) is 58.9 Å². The molecule has 0 fully saturated rings. The van der Waals surface area contributed by atoms with Gasteiger partial charge in [0.25, 0.3) is 0 Å². The molecule has 0 aliphatic carbocycles. The molecular formula is C45H26N4S2. The highest BCUT2D eigenvalue weighted by Gasteiger charge is 2.21. The minimum Gasteiger partial charge on any atom is -0.278 e. The second-order valence-electron chi connectivity index (χ2n) is 11.3. The quantitative estimate of drug-likeness (QED) is 0.183. The van der Waals surface area contributed by atoms with Crippen LogP contribution in [0.1, 0.15) is 27.4 Å². The summed E-state index contributed by atoms with van der Waals surface area (Å²) in [6, 6.07) is -1.43. The normalized spacial score (nSPS) is 17.4. The smallest absolute Gasteiger partial charge is 0.238 e. The zero-order valence-corrected chi connectivity index (χ0v) is 27.2. The first-order valence-corrected chi connectivity index (χ1v) is 16.9. The van der Waals surface area contributed by atoms with Gasteiger partial charge in [-0.15, -0.1) is 22.7 Å². The average molecular weight is 707 g/mol. The summed E-state index contributed by atoms with van der Waals surface area (Å²) in [7, 11) is 0. The number of fused-ring (bicyclic) bond motifs is 10. The molecule has 6 heteroatoms. The van der Waals surface area contributed by atoms with Crippen molar-refractivity contribution in [1.82, 2.24) is 19.5 Å². The van der Waals surface area contributed by atoms with Crippen LogP contribution in [0.15, 0.2) is 157 Å². The van der Waals surface area contributed by atoms with Crippen molar-refractivity contribution >= 4 is 84.8 Å². The van der Waals surface area contributed by atoms with Crippen LogP contribution in [0.25, 0.3) is 102 Å². The summed E-state index contributed by atoms with van der Waals surface area (Å²) >= 11 is 2.12. The molecular weight excluding hydrogens is 661 g/mol. The number of hydrogen-bond donors (Lipinski definition) is 0. The molecule has 11 aromatic rings. The number of para-hydroxylation sites is 1. The number of aromatic nitrogens is 4. The molecule has 4 heterocycles. The van der Waals surface area contributed by atoms with Gasteiger partial charge in [0.1, 0.15) is 0 Å². The van der Waals surface area contributed by atoms with Crippen LogP contribution in [-0.2, 0) is 0 Å². The average Bonchev–Trinajstić information content (AvgIpc) is 4.06. The molecule has 0 radical (unpaired) electrons. The molecule has 0 aliphatic rings. The Kier molecular flexibility index (Phi) is 3.36. The van der Waals surface area contributed by atoms with Crippen molar-refractivity contribution < 1.29 is 27.4 Å². The van der Waals surface area contributed by atoms with Crippen LogP contribution >= 0.6 is 22.7 Å². The van der Waals surface area contributed by atoms with Crippen LogP contribution in [0.2, 0.25) is 0 Å². The lowest BCUT2D eigenvalue weighted by molar-refractivity contribution is 0.954. The van der Waals surface area contributed by atoms with Crippen molar-refractivity contribution in [2.75, 3.05) is 0 Å². The summed E-state index contributed by atoms with van der Waals surface area (Å²) in [5.41, 5.74) is -0.412. The van der Waals surface area contributed by atoms with Crippen LogP contribution in [-0.4, -0.2) is 19.5 Å². The van der Waals surface area contributed by atoms with Gasteiger partial charge in [0.15, 0.2) is 11.6 Å². The van der Waals surface area contributed by atoms with Gasteiger partial charge >= 0.3 is 0 Å². The van der Waals surface area contributed by atoms with E-state index >= 15 is 0 Å². The molecule has 0 N–H and O–H groups in total. The Morgan fingerprint density at radius 2 is 1.16 bits per heavy atom. The Morgan fingerprint density at radius 1 is 0.451 bits per heavy atom. The third kappa shape index (κ3) is 4.40. The first-order valence-electron chi connectivity index (χ1n) is 25.3. The van der Waals surface area contributed by atoms with Crippen molar-refractivity contribution in [3.8, 4) is 39.9 Å². The lowest BCUT2D eigenvalue weighted by atomic mass is 9.99. The van der Waals surface area contributed by atoms with Gasteiger partial charge in [0.05, 0.1) is 38.4 Å². The molecule has 4 aromatic heterocycles. The maximum atomic E-state index is 9.53. The summed E-state index contributed by atoms with van der Waals surface area (Å²) < 4.78 is 178. The van der Waals surface area contributed by atoms with Gasteiger partial charge in [-0.2, -0.15) is 9.97 Å². The molecule has 4 nitrogen and oxygen atoms in total. The van der Waals surface area contributed by atoms with E-state index in [4.69, 9.17) is 26.9 Å². The van der Waals surface area contributed by atoms with E-state index < -0.39 is 138 Å². The number of hydrogen-bond acceptors (Lipinski definition) is 5. The van der Waals surface area contributed by atoms with Crippen molar-refractivity contribution in [1.29, 1.82) is 0 Å². The molecule has 0 amide bonds. The van der Waals surface area contributed by atoms with E-state index in [1.54, 1.807) is 36.4 Å². The van der Waals surface area contributed by atoms with Crippen molar-refractivity contribution in [2.45, 2.75) is 0 Å². The van der Waals surface area contributed by atoms with E-state index in [1.165, 1.54) is 11.3 Å². The molecule has 7 aromatic carbocycles. The standard InChI is InChI=1S/C45H26N4S2/c1-3-12-27(13-4-1)30-18-11-21-37-40(30)33-23-22-29(26-39(33)51-37)44-46-43(28-14-5-2-6-15-28)47-45(48-44)49-34-19-9-7-16-31(34)41-35(49)24-25-38-42(41)32-17-8-10-20-36(32)50-38/h1-26H/i1D,2D,3D,4D,5D,6D,7D,8D,9D,10D,12D,13D,14D,15D,16D,17D,19D,20D,24D,25D. The molecule has 238 valence electrons. The minimum atomic E-state index is -0.722. The topological polar surface area (TPSA) is 43.6 Å². The number of rotatable bonds is 4. The highest BCUT2D eigenvalue weighted by atomic mass is 32.1. The van der Waals surface area contributed by atoms with Gasteiger partial charge < -0.3 is 0 Å². The fourth-order valence-corrected chi connectivity index (χ4v) is 8.59. The van der Waals surface area contributed by atoms with Crippen LogP contribution in [0.4, 0.5) is 0 Å². The highest BCUT2D eigenvalue weighted by molar-refractivity contribution is 7.26. The van der Waals surface area contributed by atoms with E-state index in [2.05, 4.69) is 9.97 Å². The Bertz CT molecular complexity index is 4260. The summed E-state index contributed by atoms with van der Waals surface area (Å²) in [5.74, 6) is -1.14. The van der Waals surface area contributed by atoms with E-state index in [9.17, 15) is 5.48 Å². The summed E-state index contributed by atoms with van der Waals surface area (Å²) in [5, 5.41) is 0.876. The molecule has 0 unspecified atom stereocenters. The maximum Gasteiger partial charge on any atom is 0.238 e. The fourth-order valence-electron chi connectivity index (χ4n) is 6.45. The molecule has 11 rings (SSSR count). The number of nitrogens with zero attached hydrogens (tertiary/aromatic N) is 4. The van der Waals surface area contributed by atoms with Gasteiger partial charge in [0.2, 0.25) is 5.95 Å². The van der Waals surface area contributed by atoms with Gasteiger partial charge in [-0.25, -0.2) is 4.98 Å². The van der Waals surface area contributed by atoms with E-state index in [0.717, 1.165) is 15.9 Å². The SMILES string of the molecule is [2H]c1c([2H])c([2H])c(-c2nc(-c3ccc4c(c3)sc3cccc(-c5c([2H])c([2H])c([2H])c([2H])c5[2H])c34)nc(-n3c4c([2H])c([2H])c([2H])c([2H])c4c4c5c(sc6c([2H])c([2H])c([2H])c([2H])c65)c([2H])c([2H])c43)n2)c([2H])c1[2H]. The van der Waals surface area contributed by atoms with Crippen molar-refractivity contribution in [3.63, 3.8) is 0 Å². The van der Waals surface area contributed by atoms with Crippen LogP contribution in [0.3, 0.4) is 0 Å². The second kappa shape index (κ2) is 11.2. The van der Waals surface area contributed by atoms with Gasteiger partial charge in [0, 0.05) is 62.2 Å². The van der Waals surface area contributed by atoms with Crippen molar-refractivity contribution in [3.05, 3.63) is 157 Å². The minimum absolute atomic E-state index is 0.00224. The maximum absolute atomic E-state index is 9.53. The van der Waals surface area contributed by atoms with Crippen LogP contribution in [0, 0.1) is 0 Å². The fraction of sp³-hybridized carbons (Fsp3) is 0. The third-order valence-electron chi connectivity index (χ3n) is 8.55. The molecule has 0 spiro atoms. The predicted molar refractivity (Wildman–Crippen MR) is 216 cm³/mol. The van der Waals surface area contributed by atoms with E-state index in [0.29, 0.717) is 25.7 Å². The highest BCUT2D eigenvalue weighted by Crippen LogP contribution is 2.44. The lowest BCUT2D eigenvalue weighted by Crippen LogP contribution is -2.06. The number of benzene rings is 7. The molecule has 0 atom stereocenters. The molecule has 0 bridgehead atoms. The summed E-state index contributed by atoms with van der Waals surface area (Å²) in [6.07, 6.45) is 0. The van der Waals surface area contributed by atoms with Crippen LogP contribution in [0.5, 0.6) is 0 Å². The summed E-state index contributed by atoms with van der Waals surface area (Å²) in [6.45, 7) is 0.